The maximum absolute atomic E-state index is 9.18. The molecular formula is C15H24N4O. The molecule has 1 saturated heterocycles. The maximum Gasteiger partial charge on any atom is 0.225 e. The molecule has 20 heavy (non-hydrogen) atoms. The summed E-state index contributed by atoms with van der Waals surface area (Å²) in [7, 11) is 0. The van der Waals surface area contributed by atoms with Crippen molar-refractivity contribution in [3.8, 4) is 0 Å². The van der Waals surface area contributed by atoms with Gasteiger partial charge in [-0.15, -0.1) is 0 Å². The van der Waals surface area contributed by atoms with Crippen LogP contribution >= 0.6 is 0 Å². The number of aromatic nitrogens is 2. The number of aliphatic hydroxyl groups excluding tert-OH is 1. The predicted molar refractivity (Wildman–Crippen MR) is 78.7 cm³/mol. The van der Waals surface area contributed by atoms with Crippen LogP contribution in [0.15, 0.2) is 6.20 Å². The van der Waals surface area contributed by atoms with Gasteiger partial charge < -0.3 is 10.0 Å². The molecule has 0 spiro atoms. The first kappa shape index (κ1) is 13.8. The Kier molecular flexibility index (Phi) is 4.17. The van der Waals surface area contributed by atoms with Gasteiger partial charge in [-0.2, -0.15) is 0 Å². The second kappa shape index (κ2) is 6.06. The van der Waals surface area contributed by atoms with Gasteiger partial charge in [-0.25, -0.2) is 9.97 Å². The molecule has 110 valence electrons. The van der Waals surface area contributed by atoms with E-state index in [0.29, 0.717) is 0 Å². The van der Waals surface area contributed by atoms with E-state index >= 15 is 0 Å². The molecule has 0 aromatic carbocycles. The van der Waals surface area contributed by atoms with Crippen molar-refractivity contribution in [2.75, 3.05) is 31.1 Å². The fourth-order valence-corrected chi connectivity index (χ4v) is 3.34. The lowest BCUT2D eigenvalue weighted by molar-refractivity contribution is 0.187. The van der Waals surface area contributed by atoms with E-state index < -0.39 is 0 Å². The molecule has 1 N–H and O–H groups in total. The van der Waals surface area contributed by atoms with Gasteiger partial charge in [0.05, 0.1) is 6.61 Å². The van der Waals surface area contributed by atoms with Crippen molar-refractivity contribution < 1.29 is 5.11 Å². The molecule has 2 fully saturated rings. The van der Waals surface area contributed by atoms with Gasteiger partial charge in [0.2, 0.25) is 5.95 Å². The first-order chi connectivity index (χ1) is 9.78. The highest BCUT2D eigenvalue weighted by molar-refractivity contribution is 5.33. The summed E-state index contributed by atoms with van der Waals surface area (Å²) in [4.78, 5) is 13.8. The highest BCUT2D eigenvalue weighted by atomic mass is 16.3. The third-order valence-corrected chi connectivity index (χ3v) is 4.68. The van der Waals surface area contributed by atoms with Gasteiger partial charge in [0, 0.05) is 49.7 Å². The summed E-state index contributed by atoms with van der Waals surface area (Å²) in [6.45, 7) is 6.21. The van der Waals surface area contributed by atoms with Gasteiger partial charge >= 0.3 is 0 Å². The van der Waals surface area contributed by atoms with Crippen LogP contribution in [0.1, 0.15) is 36.9 Å². The van der Waals surface area contributed by atoms with Gasteiger partial charge in [0.25, 0.3) is 0 Å². The second-order valence-electron chi connectivity index (χ2n) is 5.90. The van der Waals surface area contributed by atoms with E-state index in [2.05, 4.69) is 19.8 Å². The van der Waals surface area contributed by atoms with Gasteiger partial charge in [-0.05, 0) is 19.8 Å². The van der Waals surface area contributed by atoms with Crippen LogP contribution in [-0.2, 0) is 6.61 Å². The lowest BCUT2D eigenvalue weighted by atomic mass is 10.2. The summed E-state index contributed by atoms with van der Waals surface area (Å²) in [6.07, 6.45) is 7.30. The van der Waals surface area contributed by atoms with E-state index in [1.807, 2.05) is 6.92 Å². The van der Waals surface area contributed by atoms with Crippen LogP contribution in [0.4, 0.5) is 5.95 Å². The number of aryl methyl sites for hydroxylation is 1. The van der Waals surface area contributed by atoms with Gasteiger partial charge in [0.1, 0.15) is 0 Å². The average Bonchev–Trinajstić information content (AvgIpc) is 3.01. The van der Waals surface area contributed by atoms with Crippen LogP contribution in [0.5, 0.6) is 0 Å². The van der Waals surface area contributed by atoms with E-state index in [-0.39, 0.29) is 6.61 Å². The van der Waals surface area contributed by atoms with Crippen molar-refractivity contribution in [2.45, 2.75) is 45.3 Å². The third kappa shape index (κ3) is 2.79. The molecule has 1 aromatic heterocycles. The molecular weight excluding hydrogens is 252 g/mol. The number of piperazine rings is 1. The van der Waals surface area contributed by atoms with E-state index in [0.717, 1.165) is 49.4 Å². The standard InChI is InChI=1S/C15H24N4O/c1-12-13(11-20)10-16-15(17-12)19-8-6-18(7-9-19)14-4-2-3-5-14/h10,14,20H,2-9,11H2,1H3. The molecule has 0 atom stereocenters. The summed E-state index contributed by atoms with van der Waals surface area (Å²) in [6, 6.07) is 0.816. The monoisotopic (exact) mass is 276 g/mol. The Balaban J connectivity index is 1.61. The summed E-state index contributed by atoms with van der Waals surface area (Å²) >= 11 is 0. The van der Waals surface area contributed by atoms with Crippen molar-refractivity contribution in [2.24, 2.45) is 0 Å². The number of aliphatic hydroxyl groups is 1. The molecule has 3 rings (SSSR count). The quantitative estimate of drug-likeness (QED) is 0.903. The van der Waals surface area contributed by atoms with Crippen molar-refractivity contribution in [3.05, 3.63) is 17.5 Å². The zero-order chi connectivity index (χ0) is 13.9. The van der Waals surface area contributed by atoms with Crippen molar-refractivity contribution in [1.82, 2.24) is 14.9 Å². The molecule has 1 aliphatic heterocycles. The smallest absolute Gasteiger partial charge is 0.225 e. The van der Waals surface area contributed by atoms with Crippen LogP contribution in [0.25, 0.3) is 0 Å². The first-order valence-electron chi connectivity index (χ1n) is 7.70. The highest BCUT2D eigenvalue weighted by Crippen LogP contribution is 2.25. The minimum Gasteiger partial charge on any atom is -0.392 e. The van der Waals surface area contributed by atoms with E-state index in [1.54, 1.807) is 6.20 Å². The molecule has 5 nitrogen and oxygen atoms in total. The van der Waals surface area contributed by atoms with Crippen LogP contribution in [-0.4, -0.2) is 52.2 Å². The number of hydrogen-bond acceptors (Lipinski definition) is 5. The van der Waals surface area contributed by atoms with Gasteiger partial charge in [-0.3, -0.25) is 4.90 Å². The Bertz CT molecular complexity index is 451. The normalized spacial score (nSPS) is 21.6. The predicted octanol–water partition coefficient (Wildman–Crippen LogP) is 1.34. The fraction of sp³-hybridized carbons (Fsp3) is 0.733. The van der Waals surface area contributed by atoms with Gasteiger partial charge in [-0.1, -0.05) is 12.8 Å². The topological polar surface area (TPSA) is 52.5 Å². The SMILES string of the molecule is Cc1nc(N2CCN(C3CCCC3)CC2)ncc1CO. The zero-order valence-electron chi connectivity index (χ0n) is 12.3. The summed E-state index contributed by atoms with van der Waals surface area (Å²) in [5, 5.41) is 9.18. The lowest BCUT2D eigenvalue weighted by Crippen LogP contribution is -2.50. The van der Waals surface area contributed by atoms with Crippen LogP contribution in [0, 0.1) is 6.92 Å². The molecule has 2 heterocycles. The van der Waals surface area contributed by atoms with Crippen LogP contribution < -0.4 is 4.90 Å². The zero-order valence-corrected chi connectivity index (χ0v) is 12.3. The number of hydrogen-bond donors (Lipinski definition) is 1. The average molecular weight is 276 g/mol. The van der Waals surface area contributed by atoms with E-state index in [9.17, 15) is 5.11 Å². The van der Waals surface area contributed by atoms with Crippen molar-refractivity contribution in [1.29, 1.82) is 0 Å². The number of nitrogens with zero attached hydrogens (tertiary/aromatic N) is 4. The molecule has 5 heteroatoms. The molecule has 2 aliphatic rings. The first-order valence-corrected chi connectivity index (χ1v) is 7.70. The maximum atomic E-state index is 9.18. The highest BCUT2D eigenvalue weighted by Gasteiger charge is 2.26. The molecule has 0 bridgehead atoms. The summed E-state index contributed by atoms with van der Waals surface area (Å²) in [5.41, 5.74) is 1.70. The van der Waals surface area contributed by atoms with E-state index in [1.165, 1.54) is 25.7 Å². The number of anilines is 1. The minimum absolute atomic E-state index is 0.0154. The summed E-state index contributed by atoms with van der Waals surface area (Å²) < 4.78 is 0. The molecule has 0 unspecified atom stereocenters. The van der Waals surface area contributed by atoms with Gasteiger partial charge in [0.15, 0.2) is 0 Å². The molecule has 1 aromatic rings. The lowest BCUT2D eigenvalue weighted by Gasteiger charge is -2.38. The molecule has 1 saturated carbocycles. The Morgan fingerprint density at radius 2 is 1.90 bits per heavy atom. The summed E-state index contributed by atoms with van der Waals surface area (Å²) in [5.74, 6) is 0.811. The molecule has 0 amide bonds. The largest absolute Gasteiger partial charge is 0.392 e. The third-order valence-electron chi connectivity index (χ3n) is 4.68. The Labute approximate surface area is 120 Å². The second-order valence-corrected chi connectivity index (χ2v) is 5.90. The van der Waals surface area contributed by atoms with Crippen molar-refractivity contribution >= 4 is 5.95 Å². The Morgan fingerprint density at radius 3 is 2.50 bits per heavy atom. The van der Waals surface area contributed by atoms with E-state index in [4.69, 9.17) is 0 Å². The van der Waals surface area contributed by atoms with Crippen LogP contribution in [0.2, 0.25) is 0 Å². The molecule has 1 aliphatic carbocycles. The van der Waals surface area contributed by atoms with Crippen LogP contribution in [0.3, 0.4) is 0 Å². The van der Waals surface area contributed by atoms with Crippen molar-refractivity contribution in [3.63, 3.8) is 0 Å². The Morgan fingerprint density at radius 1 is 1.20 bits per heavy atom. The minimum atomic E-state index is 0.0154. The Hall–Kier alpha value is -1.20. The fourth-order valence-electron chi connectivity index (χ4n) is 3.34. The molecule has 0 radical (unpaired) electrons. The number of rotatable bonds is 3.